The summed E-state index contributed by atoms with van der Waals surface area (Å²) in [5, 5.41) is 2.47. The van der Waals surface area contributed by atoms with Gasteiger partial charge in [-0.1, -0.05) is 6.07 Å². The fourth-order valence-electron chi connectivity index (χ4n) is 3.63. The van der Waals surface area contributed by atoms with Crippen LogP contribution in [0.15, 0.2) is 42.5 Å². The first-order valence-electron chi connectivity index (χ1n) is 11.4. The van der Waals surface area contributed by atoms with Crippen LogP contribution in [0.4, 0.5) is 15.8 Å². The molecule has 3 amide bonds. The number of nitrogens with zero attached hydrogens (tertiary/aromatic N) is 2. The average Bonchev–Trinajstić information content (AvgIpc) is 3.32. The summed E-state index contributed by atoms with van der Waals surface area (Å²) in [6.07, 6.45) is 0. The normalized spacial score (nSPS) is 11.3. The summed E-state index contributed by atoms with van der Waals surface area (Å²) >= 11 is 0.610. The van der Waals surface area contributed by atoms with Crippen LogP contribution in [0, 0.1) is 5.82 Å². The molecule has 0 aliphatic rings. The molecule has 2 aromatic carbocycles. The number of esters is 1. The molecule has 5 N–H and O–H groups in total. The molecule has 0 saturated carbocycles. The van der Waals surface area contributed by atoms with Crippen LogP contribution < -0.4 is 31.2 Å². The summed E-state index contributed by atoms with van der Waals surface area (Å²) in [4.78, 5) is 52.2. The Hall–Kier alpha value is -4.72. The Labute approximate surface area is 226 Å². The Balaban J connectivity index is 2.21. The van der Waals surface area contributed by atoms with Crippen molar-refractivity contribution in [1.82, 2.24) is 9.69 Å². The third kappa shape index (κ3) is 6.41. The van der Waals surface area contributed by atoms with Gasteiger partial charge in [-0.05, 0) is 60.4 Å². The number of nitrogens with one attached hydrogen (secondary N) is 1. The molecule has 3 aromatic rings. The van der Waals surface area contributed by atoms with Gasteiger partial charge < -0.3 is 31.0 Å². The van der Waals surface area contributed by atoms with Gasteiger partial charge in [0.15, 0.2) is 17.2 Å². The van der Waals surface area contributed by atoms with Crippen LogP contribution in [0.2, 0.25) is 0 Å². The maximum Gasteiger partial charge on any atom is 0.325 e. The second kappa shape index (κ2) is 12.7. The Bertz CT molecular complexity index is 1380. The van der Waals surface area contributed by atoms with Gasteiger partial charge in [-0.15, -0.1) is 0 Å². The molecule has 1 aromatic heterocycles. The number of halogens is 1. The van der Waals surface area contributed by atoms with Crippen molar-refractivity contribution in [2.24, 2.45) is 5.73 Å². The number of hydrogen-bond donors (Lipinski definition) is 3. The number of nitrogen functional groups attached to an aromatic ring is 1. The number of ether oxygens (including phenoxy) is 3. The van der Waals surface area contributed by atoms with Crippen molar-refractivity contribution < 1.29 is 37.8 Å². The van der Waals surface area contributed by atoms with Crippen LogP contribution in [0.1, 0.15) is 38.7 Å². The summed E-state index contributed by atoms with van der Waals surface area (Å²) in [5.41, 5.74) is 11.1. The first-order valence-corrected chi connectivity index (χ1v) is 12.2. The molecule has 1 atom stereocenters. The number of methoxy groups -OCH3 is 2. The molecule has 0 saturated heterocycles. The van der Waals surface area contributed by atoms with E-state index in [1.807, 2.05) is 0 Å². The summed E-state index contributed by atoms with van der Waals surface area (Å²) in [5.74, 6) is -3.26. The second-order valence-electron chi connectivity index (χ2n) is 7.83. The molecule has 0 aliphatic heterocycles. The minimum Gasteiger partial charge on any atom is -0.493 e. The maximum atomic E-state index is 14.0. The number of nitrogens with two attached hydrogens (primary N) is 2. The second-order valence-corrected chi connectivity index (χ2v) is 8.60. The van der Waals surface area contributed by atoms with Crippen LogP contribution in [0.25, 0.3) is 0 Å². The standard InChI is InChI=1S/C25H26FN5O7S/c1-4-38-18(32)12-29-24(34)21(13-5-10-16(36-2)17(11-13)37-3)31(15-8-6-14(26)7-9-15)25(35)22-19(27)20(23(28)33)30-39-22/h5-11,21H,4,12,27H2,1-3H3,(H2,28,33)(H,29,34)/t21-/m1/s1. The molecule has 0 bridgehead atoms. The minimum absolute atomic E-state index is 0.0981. The van der Waals surface area contributed by atoms with Crippen molar-refractivity contribution in [3.63, 3.8) is 0 Å². The number of benzene rings is 2. The fraction of sp³-hybridized carbons (Fsp3) is 0.240. The predicted molar refractivity (Wildman–Crippen MR) is 140 cm³/mol. The van der Waals surface area contributed by atoms with Gasteiger partial charge in [-0.2, -0.15) is 4.37 Å². The van der Waals surface area contributed by atoms with Crippen molar-refractivity contribution in [2.75, 3.05) is 38.0 Å². The summed E-state index contributed by atoms with van der Waals surface area (Å²) in [6.45, 7) is 1.22. The number of aromatic nitrogens is 1. The van der Waals surface area contributed by atoms with Crippen molar-refractivity contribution in [3.8, 4) is 11.5 Å². The van der Waals surface area contributed by atoms with Crippen molar-refractivity contribution >= 4 is 46.6 Å². The smallest absolute Gasteiger partial charge is 0.325 e. The van der Waals surface area contributed by atoms with E-state index in [1.54, 1.807) is 6.92 Å². The summed E-state index contributed by atoms with van der Waals surface area (Å²) in [7, 11) is 2.82. The van der Waals surface area contributed by atoms with Crippen molar-refractivity contribution in [1.29, 1.82) is 0 Å². The highest BCUT2D eigenvalue weighted by Gasteiger charge is 2.36. The molecule has 0 fully saturated rings. The van der Waals surface area contributed by atoms with Crippen LogP contribution in [-0.4, -0.2) is 55.4 Å². The van der Waals surface area contributed by atoms with Crippen molar-refractivity contribution in [2.45, 2.75) is 13.0 Å². The van der Waals surface area contributed by atoms with E-state index >= 15 is 0 Å². The third-order valence-electron chi connectivity index (χ3n) is 5.42. The zero-order chi connectivity index (χ0) is 28.7. The average molecular weight is 560 g/mol. The largest absolute Gasteiger partial charge is 0.493 e. The Morgan fingerprint density at radius 2 is 1.74 bits per heavy atom. The number of carbonyl (C=O) groups excluding carboxylic acids is 4. The van der Waals surface area contributed by atoms with E-state index in [2.05, 4.69) is 9.69 Å². The Morgan fingerprint density at radius 1 is 1.08 bits per heavy atom. The van der Waals surface area contributed by atoms with Gasteiger partial charge in [0.1, 0.15) is 23.3 Å². The van der Waals surface area contributed by atoms with Gasteiger partial charge in [-0.25, -0.2) is 4.39 Å². The molecule has 12 nitrogen and oxygen atoms in total. The molecule has 0 spiro atoms. The van der Waals surface area contributed by atoms with E-state index in [1.165, 1.54) is 44.6 Å². The molecule has 0 radical (unpaired) electrons. The van der Waals surface area contributed by atoms with Gasteiger partial charge in [0.05, 0.1) is 26.5 Å². The fourth-order valence-corrected chi connectivity index (χ4v) is 4.37. The lowest BCUT2D eigenvalue weighted by molar-refractivity contribution is -0.143. The number of primary amides is 1. The molecule has 39 heavy (non-hydrogen) atoms. The van der Waals surface area contributed by atoms with Crippen molar-refractivity contribution in [3.05, 3.63) is 64.4 Å². The number of hydrogen-bond acceptors (Lipinski definition) is 10. The lowest BCUT2D eigenvalue weighted by Gasteiger charge is -2.31. The lowest BCUT2D eigenvalue weighted by atomic mass is 10.0. The monoisotopic (exact) mass is 559 g/mol. The van der Waals surface area contributed by atoms with Gasteiger partial charge in [0.2, 0.25) is 5.91 Å². The maximum absolute atomic E-state index is 14.0. The lowest BCUT2D eigenvalue weighted by Crippen LogP contribution is -2.45. The van der Waals surface area contributed by atoms with Crippen LogP contribution >= 0.6 is 11.5 Å². The van der Waals surface area contributed by atoms with Gasteiger partial charge >= 0.3 is 5.97 Å². The van der Waals surface area contributed by atoms with E-state index in [9.17, 15) is 23.6 Å². The highest BCUT2D eigenvalue weighted by molar-refractivity contribution is 7.09. The Morgan fingerprint density at radius 3 is 2.31 bits per heavy atom. The predicted octanol–water partition coefficient (Wildman–Crippen LogP) is 2.05. The number of amides is 3. The van der Waals surface area contributed by atoms with Crippen LogP contribution in [-0.2, 0) is 14.3 Å². The highest BCUT2D eigenvalue weighted by atomic mass is 32.1. The molecule has 3 rings (SSSR count). The molecule has 1 heterocycles. The number of anilines is 2. The molecular formula is C25H26FN5O7S. The van der Waals surface area contributed by atoms with Crippen LogP contribution in [0.3, 0.4) is 0 Å². The quantitative estimate of drug-likeness (QED) is 0.297. The minimum atomic E-state index is -1.45. The van der Waals surface area contributed by atoms with E-state index < -0.39 is 42.1 Å². The van der Waals surface area contributed by atoms with Gasteiger partial charge in [-0.3, -0.25) is 24.1 Å². The SMILES string of the molecule is CCOC(=O)CNC(=O)[C@@H](c1ccc(OC)c(OC)c1)N(C(=O)c1snc(C(N)=O)c1N)c1ccc(F)cc1. The van der Waals surface area contributed by atoms with E-state index in [0.717, 1.165) is 17.0 Å². The zero-order valence-electron chi connectivity index (χ0n) is 21.2. The molecule has 0 unspecified atom stereocenters. The first-order chi connectivity index (χ1) is 18.6. The number of carbonyl (C=O) groups is 4. The highest BCUT2D eigenvalue weighted by Crippen LogP contribution is 2.36. The molecule has 14 heteroatoms. The topological polar surface area (TPSA) is 176 Å². The first kappa shape index (κ1) is 28.8. The summed E-state index contributed by atoms with van der Waals surface area (Å²) < 4.78 is 33.2. The number of rotatable bonds is 11. The van der Waals surface area contributed by atoms with Crippen LogP contribution in [0.5, 0.6) is 11.5 Å². The van der Waals surface area contributed by atoms with E-state index in [4.69, 9.17) is 25.7 Å². The zero-order valence-corrected chi connectivity index (χ0v) is 22.0. The van der Waals surface area contributed by atoms with Gasteiger partial charge in [0.25, 0.3) is 11.8 Å². The third-order valence-corrected chi connectivity index (χ3v) is 6.27. The van der Waals surface area contributed by atoms with Gasteiger partial charge in [0, 0.05) is 5.69 Å². The molecule has 206 valence electrons. The van der Waals surface area contributed by atoms with E-state index in [-0.39, 0.29) is 39.9 Å². The Kier molecular flexibility index (Phi) is 9.38. The van der Waals surface area contributed by atoms with E-state index in [0.29, 0.717) is 17.3 Å². The molecule has 0 aliphatic carbocycles. The molecular weight excluding hydrogens is 533 g/mol. The summed E-state index contributed by atoms with van der Waals surface area (Å²) in [6, 6.07) is 7.84.